The van der Waals surface area contributed by atoms with Crippen LogP contribution in [0.3, 0.4) is 0 Å². The lowest BCUT2D eigenvalue weighted by molar-refractivity contribution is -0.114. The van der Waals surface area contributed by atoms with E-state index >= 15 is 0 Å². The lowest BCUT2D eigenvalue weighted by Gasteiger charge is -2.36. The Morgan fingerprint density at radius 3 is 2.53 bits per heavy atom. The Balaban J connectivity index is 1.94. The van der Waals surface area contributed by atoms with Crippen molar-refractivity contribution in [2.75, 3.05) is 39.2 Å². The third-order valence-corrected chi connectivity index (χ3v) is 6.20. The molecule has 0 aliphatic carbocycles. The average molecular weight is 472 g/mol. The van der Waals surface area contributed by atoms with Crippen molar-refractivity contribution in [3.63, 3.8) is 0 Å². The van der Waals surface area contributed by atoms with Gasteiger partial charge in [0.05, 0.1) is 11.7 Å². The number of nitrogens with zero attached hydrogens (tertiary/aromatic N) is 2. The van der Waals surface area contributed by atoms with Crippen LogP contribution in [0.5, 0.6) is 5.75 Å². The fourth-order valence-electron chi connectivity index (χ4n) is 4.17. The maximum Gasteiger partial charge on any atom is 0.257 e. The van der Waals surface area contributed by atoms with E-state index in [0.29, 0.717) is 43.2 Å². The normalized spacial score (nSPS) is 22.2. The maximum absolute atomic E-state index is 13.4. The van der Waals surface area contributed by atoms with Crippen LogP contribution in [0.2, 0.25) is 0 Å². The summed E-state index contributed by atoms with van der Waals surface area (Å²) in [5.74, 6) is -0.0910. The number of carbonyl (C=O) groups excluding carboxylic acids is 2. The first kappa shape index (κ1) is 25.6. The molecular formula is C26H34FN3O4. The number of carbonyl (C=O) groups is 2. The number of likely N-dealkylation sites (N-methyl/N-ethyl adjacent to an activating group) is 1. The molecule has 0 radical (unpaired) electrons. The fraction of sp³-hybridized carbons (Fsp3) is 0.462. The van der Waals surface area contributed by atoms with E-state index < -0.39 is 0 Å². The van der Waals surface area contributed by atoms with Crippen LogP contribution >= 0.6 is 0 Å². The van der Waals surface area contributed by atoms with E-state index in [1.165, 1.54) is 19.1 Å². The van der Waals surface area contributed by atoms with Crippen LogP contribution in [0.1, 0.15) is 36.7 Å². The number of rotatable bonds is 4. The molecule has 34 heavy (non-hydrogen) atoms. The molecule has 0 fully saturated rings. The summed E-state index contributed by atoms with van der Waals surface area (Å²) in [5, 5.41) is 2.74. The predicted octanol–water partition coefficient (Wildman–Crippen LogP) is 3.79. The minimum atomic E-state index is -0.263. The molecule has 0 saturated heterocycles. The molecule has 2 amide bonds. The zero-order valence-electron chi connectivity index (χ0n) is 20.5. The molecule has 2 aromatic rings. The summed E-state index contributed by atoms with van der Waals surface area (Å²) in [4.78, 5) is 28.7. The fourth-order valence-corrected chi connectivity index (χ4v) is 4.17. The average Bonchev–Trinajstić information content (AvgIpc) is 2.80. The molecule has 184 valence electrons. The smallest absolute Gasteiger partial charge is 0.257 e. The van der Waals surface area contributed by atoms with Gasteiger partial charge in [-0.15, -0.1) is 0 Å². The number of methoxy groups -OCH3 is 1. The van der Waals surface area contributed by atoms with Gasteiger partial charge in [-0.2, -0.15) is 0 Å². The SMILES string of the molecule is CO[C@@H]1CN(C)C(=O)c2ccc(NC(C)=O)cc2OC[C@@H](C)N(Cc2ccc(F)cc2)C[C@H]1C. The van der Waals surface area contributed by atoms with E-state index in [4.69, 9.17) is 9.47 Å². The molecule has 3 rings (SSSR count). The Hall–Kier alpha value is -2.97. The van der Waals surface area contributed by atoms with E-state index in [9.17, 15) is 14.0 Å². The van der Waals surface area contributed by atoms with Crippen LogP contribution in [0.4, 0.5) is 10.1 Å². The van der Waals surface area contributed by atoms with Gasteiger partial charge < -0.3 is 19.7 Å². The van der Waals surface area contributed by atoms with Crippen LogP contribution < -0.4 is 10.1 Å². The zero-order valence-corrected chi connectivity index (χ0v) is 20.5. The molecule has 3 atom stereocenters. The van der Waals surface area contributed by atoms with Gasteiger partial charge in [-0.1, -0.05) is 19.1 Å². The number of benzene rings is 2. The molecule has 0 bridgehead atoms. The Kier molecular flexibility index (Phi) is 8.63. The van der Waals surface area contributed by atoms with Crippen molar-refractivity contribution >= 4 is 17.5 Å². The van der Waals surface area contributed by atoms with Crippen LogP contribution in [-0.2, 0) is 16.1 Å². The molecule has 2 aromatic carbocycles. The number of nitrogens with one attached hydrogen (secondary N) is 1. The lowest BCUT2D eigenvalue weighted by Crippen LogP contribution is -2.46. The minimum Gasteiger partial charge on any atom is -0.491 e. The van der Waals surface area contributed by atoms with Crippen LogP contribution in [-0.4, -0.2) is 67.6 Å². The molecule has 7 nitrogen and oxygen atoms in total. The third kappa shape index (κ3) is 6.55. The van der Waals surface area contributed by atoms with Gasteiger partial charge in [0.2, 0.25) is 5.91 Å². The zero-order chi connectivity index (χ0) is 24.8. The van der Waals surface area contributed by atoms with Crippen LogP contribution in [0.25, 0.3) is 0 Å². The third-order valence-electron chi connectivity index (χ3n) is 6.20. The van der Waals surface area contributed by atoms with Crippen molar-refractivity contribution in [3.05, 3.63) is 59.4 Å². The van der Waals surface area contributed by atoms with Crippen LogP contribution in [0.15, 0.2) is 42.5 Å². The van der Waals surface area contributed by atoms with Gasteiger partial charge in [0.25, 0.3) is 5.91 Å². The Morgan fingerprint density at radius 2 is 1.88 bits per heavy atom. The summed E-state index contributed by atoms with van der Waals surface area (Å²) >= 11 is 0. The second kappa shape index (κ2) is 11.4. The van der Waals surface area contributed by atoms with Gasteiger partial charge >= 0.3 is 0 Å². The number of anilines is 1. The molecule has 8 heteroatoms. The van der Waals surface area contributed by atoms with E-state index in [2.05, 4.69) is 24.1 Å². The molecule has 1 aliphatic rings. The summed E-state index contributed by atoms with van der Waals surface area (Å²) < 4.78 is 25.3. The van der Waals surface area contributed by atoms with Crippen molar-refractivity contribution < 1.29 is 23.5 Å². The van der Waals surface area contributed by atoms with E-state index in [0.717, 1.165) is 5.56 Å². The van der Waals surface area contributed by atoms with Crippen molar-refractivity contribution in [1.82, 2.24) is 9.80 Å². The highest BCUT2D eigenvalue weighted by atomic mass is 19.1. The summed E-state index contributed by atoms with van der Waals surface area (Å²) in [7, 11) is 3.41. The standard InChI is InChI=1S/C26H34FN3O4/c1-17-13-30(14-20-6-8-21(27)9-7-20)18(2)16-34-24-12-22(28-19(3)31)10-11-23(24)26(32)29(4)15-25(17)33-5/h6-12,17-18,25H,13-16H2,1-5H3,(H,28,31)/t17-,18-,25-/m1/s1. The van der Waals surface area contributed by atoms with Gasteiger partial charge in [0, 0.05) is 58.5 Å². The van der Waals surface area contributed by atoms with Crippen molar-refractivity contribution in [2.24, 2.45) is 5.92 Å². The first-order valence-corrected chi connectivity index (χ1v) is 11.5. The number of ether oxygens (including phenoxy) is 2. The predicted molar refractivity (Wildman–Crippen MR) is 129 cm³/mol. The summed E-state index contributed by atoms with van der Waals surface area (Å²) in [6, 6.07) is 11.6. The number of hydrogen-bond acceptors (Lipinski definition) is 5. The van der Waals surface area contributed by atoms with Crippen molar-refractivity contribution in [1.29, 1.82) is 0 Å². The van der Waals surface area contributed by atoms with Gasteiger partial charge in [-0.05, 0) is 42.7 Å². The minimum absolute atomic E-state index is 0.00506. The molecule has 0 spiro atoms. The first-order valence-electron chi connectivity index (χ1n) is 11.5. The highest BCUT2D eigenvalue weighted by molar-refractivity contribution is 5.98. The van der Waals surface area contributed by atoms with Gasteiger partial charge in [-0.25, -0.2) is 4.39 Å². The van der Waals surface area contributed by atoms with Crippen molar-refractivity contribution in [3.8, 4) is 5.75 Å². The molecule has 1 N–H and O–H groups in total. The lowest BCUT2D eigenvalue weighted by atomic mass is 10.0. The van der Waals surface area contributed by atoms with Gasteiger partial charge in [0.1, 0.15) is 18.2 Å². The van der Waals surface area contributed by atoms with Crippen LogP contribution in [0, 0.1) is 11.7 Å². The Bertz CT molecular complexity index is 998. The summed E-state index contributed by atoms with van der Waals surface area (Å²) in [5.41, 5.74) is 1.99. The summed E-state index contributed by atoms with van der Waals surface area (Å²) in [6.07, 6.45) is -0.167. The number of fused-ring (bicyclic) bond motifs is 1. The van der Waals surface area contributed by atoms with Gasteiger partial charge in [-0.3, -0.25) is 14.5 Å². The molecule has 0 aromatic heterocycles. The molecule has 0 saturated carbocycles. The van der Waals surface area contributed by atoms with E-state index in [-0.39, 0.29) is 35.7 Å². The van der Waals surface area contributed by atoms with E-state index in [1.807, 2.05) is 0 Å². The molecule has 0 unspecified atom stereocenters. The topological polar surface area (TPSA) is 71.1 Å². The number of hydrogen-bond donors (Lipinski definition) is 1. The highest BCUT2D eigenvalue weighted by Crippen LogP contribution is 2.27. The van der Waals surface area contributed by atoms with E-state index in [1.54, 1.807) is 49.4 Å². The highest BCUT2D eigenvalue weighted by Gasteiger charge is 2.28. The second-order valence-corrected chi connectivity index (χ2v) is 9.05. The maximum atomic E-state index is 13.4. The summed E-state index contributed by atoms with van der Waals surface area (Å²) in [6.45, 7) is 7.69. The Labute approximate surface area is 200 Å². The number of halogens is 1. The second-order valence-electron chi connectivity index (χ2n) is 9.05. The first-order chi connectivity index (χ1) is 16.2. The molecular weight excluding hydrogens is 437 g/mol. The quantitative estimate of drug-likeness (QED) is 0.735. The molecule has 1 heterocycles. The molecule has 1 aliphatic heterocycles. The Morgan fingerprint density at radius 1 is 1.18 bits per heavy atom. The largest absolute Gasteiger partial charge is 0.491 e. The van der Waals surface area contributed by atoms with Gasteiger partial charge in [0.15, 0.2) is 0 Å². The van der Waals surface area contributed by atoms with Crippen molar-refractivity contribution in [2.45, 2.75) is 39.5 Å². The monoisotopic (exact) mass is 471 g/mol. The number of amides is 2.